The number of ether oxygens (including phenoxy) is 1. The summed E-state index contributed by atoms with van der Waals surface area (Å²) in [6.07, 6.45) is 0.881. The molecule has 0 aliphatic carbocycles. The van der Waals surface area contributed by atoms with Crippen LogP contribution in [-0.2, 0) is 4.79 Å². The molecule has 0 aromatic heterocycles. The van der Waals surface area contributed by atoms with E-state index in [1.54, 1.807) is 11.0 Å². The molecule has 2 rings (SSSR count). The van der Waals surface area contributed by atoms with Gasteiger partial charge in [0.2, 0.25) is 0 Å². The van der Waals surface area contributed by atoms with Crippen molar-refractivity contribution in [2.24, 2.45) is 11.1 Å². The summed E-state index contributed by atoms with van der Waals surface area (Å²) < 4.78 is 5.35. The molecule has 1 fully saturated rings. The number of amides is 1. The molecular formula is C14H19N3O4. The fraction of sp³-hybridized carbons (Fsp3) is 0.500. The molecule has 0 spiro atoms. The number of nitro groups is 1. The van der Waals surface area contributed by atoms with Gasteiger partial charge in [0, 0.05) is 19.2 Å². The van der Waals surface area contributed by atoms with Crippen molar-refractivity contribution in [2.75, 3.05) is 26.2 Å². The van der Waals surface area contributed by atoms with Gasteiger partial charge in [-0.05, 0) is 24.4 Å². The molecule has 1 aliphatic rings. The van der Waals surface area contributed by atoms with Crippen molar-refractivity contribution >= 4 is 11.6 Å². The van der Waals surface area contributed by atoms with Gasteiger partial charge in [-0.15, -0.1) is 0 Å². The zero-order valence-corrected chi connectivity index (χ0v) is 11.9. The minimum atomic E-state index is -0.498. The van der Waals surface area contributed by atoms with Gasteiger partial charge in [0.15, 0.2) is 6.61 Å². The van der Waals surface area contributed by atoms with Crippen LogP contribution in [0, 0.1) is 15.5 Å². The Hall–Kier alpha value is -2.15. The molecule has 1 atom stereocenters. The average Bonchev–Trinajstić information content (AvgIpc) is 2.88. The summed E-state index contributed by atoms with van der Waals surface area (Å²) in [5.41, 5.74) is 5.62. The Bertz CT molecular complexity index is 549. The third-order valence-electron chi connectivity index (χ3n) is 3.79. The van der Waals surface area contributed by atoms with Crippen LogP contribution in [-0.4, -0.2) is 42.0 Å². The predicted octanol–water partition coefficient (Wildman–Crippen LogP) is 1.17. The molecule has 21 heavy (non-hydrogen) atoms. The van der Waals surface area contributed by atoms with Gasteiger partial charge in [0.1, 0.15) is 5.75 Å². The number of benzene rings is 1. The number of carbonyl (C=O) groups excluding carboxylic acids is 1. The van der Waals surface area contributed by atoms with E-state index in [0.717, 1.165) is 6.42 Å². The van der Waals surface area contributed by atoms with E-state index < -0.39 is 4.92 Å². The summed E-state index contributed by atoms with van der Waals surface area (Å²) in [6.45, 7) is 3.78. The highest BCUT2D eigenvalue weighted by atomic mass is 16.6. The highest BCUT2D eigenvalue weighted by Gasteiger charge is 2.34. The number of rotatable bonds is 5. The molecule has 1 aliphatic heterocycles. The lowest BCUT2D eigenvalue weighted by Crippen LogP contribution is -2.36. The number of hydrogen-bond donors (Lipinski definition) is 1. The molecule has 114 valence electrons. The highest BCUT2D eigenvalue weighted by Crippen LogP contribution is 2.28. The van der Waals surface area contributed by atoms with Crippen LogP contribution in [0.3, 0.4) is 0 Å². The Morgan fingerprint density at radius 3 is 2.95 bits per heavy atom. The second-order valence-electron chi connectivity index (χ2n) is 5.62. The fourth-order valence-electron chi connectivity index (χ4n) is 2.33. The van der Waals surface area contributed by atoms with Crippen molar-refractivity contribution in [3.05, 3.63) is 34.4 Å². The van der Waals surface area contributed by atoms with Gasteiger partial charge in [-0.3, -0.25) is 14.9 Å². The third-order valence-corrected chi connectivity index (χ3v) is 3.79. The molecule has 1 saturated heterocycles. The summed E-state index contributed by atoms with van der Waals surface area (Å²) in [5.74, 6) is 0.192. The van der Waals surface area contributed by atoms with Crippen LogP contribution in [0.15, 0.2) is 24.3 Å². The van der Waals surface area contributed by atoms with Crippen molar-refractivity contribution < 1.29 is 14.5 Å². The molecule has 7 nitrogen and oxygen atoms in total. The Morgan fingerprint density at radius 2 is 2.33 bits per heavy atom. The molecule has 1 unspecified atom stereocenters. The molecule has 0 radical (unpaired) electrons. The number of nitro benzene ring substituents is 1. The van der Waals surface area contributed by atoms with Gasteiger partial charge in [-0.25, -0.2) is 0 Å². The number of likely N-dealkylation sites (tertiary alicyclic amines) is 1. The maximum atomic E-state index is 12.1. The van der Waals surface area contributed by atoms with Crippen LogP contribution in [0.2, 0.25) is 0 Å². The number of hydrogen-bond acceptors (Lipinski definition) is 5. The maximum absolute atomic E-state index is 12.1. The predicted molar refractivity (Wildman–Crippen MR) is 76.9 cm³/mol. The van der Waals surface area contributed by atoms with Crippen molar-refractivity contribution in [2.45, 2.75) is 13.3 Å². The first-order valence-electron chi connectivity index (χ1n) is 6.79. The minimum Gasteiger partial charge on any atom is -0.484 e. The maximum Gasteiger partial charge on any atom is 0.273 e. The van der Waals surface area contributed by atoms with E-state index in [2.05, 4.69) is 6.92 Å². The molecule has 1 aromatic rings. The van der Waals surface area contributed by atoms with E-state index >= 15 is 0 Å². The lowest BCUT2D eigenvalue weighted by molar-refractivity contribution is -0.384. The Balaban J connectivity index is 1.90. The Labute approximate surface area is 122 Å². The van der Waals surface area contributed by atoms with Gasteiger partial charge in [0.05, 0.1) is 11.0 Å². The summed E-state index contributed by atoms with van der Waals surface area (Å²) in [6, 6.07) is 5.80. The molecule has 1 aromatic carbocycles. The number of non-ortho nitro benzene ring substituents is 1. The van der Waals surface area contributed by atoms with Gasteiger partial charge in [-0.1, -0.05) is 13.0 Å². The van der Waals surface area contributed by atoms with Gasteiger partial charge >= 0.3 is 0 Å². The van der Waals surface area contributed by atoms with E-state index in [1.165, 1.54) is 18.2 Å². The molecule has 0 saturated carbocycles. The van der Waals surface area contributed by atoms with Gasteiger partial charge in [0.25, 0.3) is 11.6 Å². The summed E-state index contributed by atoms with van der Waals surface area (Å²) in [7, 11) is 0. The van der Waals surface area contributed by atoms with Crippen LogP contribution in [0.1, 0.15) is 13.3 Å². The summed E-state index contributed by atoms with van der Waals surface area (Å²) in [5, 5.41) is 10.7. The SMILES string of the molecule is CC1(CN)CCN(C(=O)COc2cccc([N+](=O)[O-])c2)C1. The second-order valence-corrected chi connectivity index (χ2v) is 5.62. The fourth-order valence-corrected chi connectivity index (χ4v) is 2.33. The molecule has 1 amide bonds. The zero-order valence-electron chi connectivity index (χ0n) is 11.9. The van der Waals surface area contributed by atoms with Crippen molar-refractivity contribution in [1.29, 1.82) is 0 Å². The van der Waals surface area contributed by atoms with Gasteiger partial charge < -0.3 is 15.4 Å². The number of nitrogens with zero attached hydrogens (tertiary/aromatic N) is 2. The first-order valence-corrected chi connectivity index (χ1v) is 6.79. The second kappa shape index (κ2) is 6.09. The monoisotopic (exact) mass is 293 g/mol. The van der Waals surface area contributed by atoms with Crippen LogP contribution < -0.4 is 10.5 Å². The molecule has 1 heterocycles. The lowest BCUT2D eigenvalue weighted by Gasteiger charge is -2.22. The van der Waals surface area contributed by atoms with Crippen molar-refractivity contribution in [1.82, 2.24) is 4.90 Å². The van der Waals surface area contributed by atoms with Crippen LogP contribution in [0.25, 0.3) is 0 Å². The highest BCUT2D eigenvalue weighted by molar-refractivity contribution is 5.78. The van der Waals surface area contributed by atoms with E-state index in [1.807, 2.05) is 0 Å². The summed E-state index contributed by atoms with van der Waals surface area (Å²) in [4.78, 5) is 24.0. The number of carbonyl (C=O) groups is 1. The Morgan fingerprint density at radius 1 is 1.57 bits per heavy atom. The smallest absolute Gasteiger partial charge is 0.273 e. The first-order chi connectivity index (χ1) is 9.93. The van der Waals surface area contributed by atoms with E-state index in [0.29, 0.717) is 25.4 Å². The summed E-state index contributed by atoms with van der Waals surface area (Å²) >= 11 is 0. The lowest BCUT2D eigenvalue weighted by atomic mass is 9.90. The zero-order chi connectivity index (χ0) is 15.5. The molecule has 7 heteroatoms. The number of nitrogens with two attached hydrogens (primary N) is 1. The minimum absolute atomic E-state index is 0.0266. The Kier molecular flexibility index (Phi) is 4.42. The van der Waals surface area contributed by atoms with E-state index in [9.17, 15) is 14.9 Å². The molecule has 2 N–H and O–H groups in total. The normalized spacial score (nSPS) is 21.3. The van der Waals surface area contributed by atoms with Gasteiger partial charge in [-0.2, -0.15) is 0 Å². The largest absolute Gasteiger partial charge is 0.484 e. The standard InChI is InChI=1S/C14H19N3O4/c1-14(9-15)5-6-16(10-14)13(18)8-21-12-4-2-3-11(7-12)17(19)20/h2-4,7H,5-6,8-10,15H2,1H3. The van der Waals surface area contributed by atoms with Crippen molar-refractivity contribution in [3.63, 3.8) is 0 Å². The molecule has 0 bridgehead atoms. The van der Waals surface area contributed by atoms with Crippen molar-refractivity contribution in [3.8, 4) is 5.75 Å². The third kappa shape index (κ3) is 3.69. The molecular weight excluding hydrogens is 274 g/mol. The van der Waals surface area contributed by atoms with Crippen LogP contribution in [0.4, 0.5) is 5.69 Å². The van der Waals surface area contributed by atoms with Crippen LogP contribution in [0.5, 0.6) is 5.75 Å². The topological polar surface area (TPSA) is 98.7 Å². The quantitative estimate of drug-likeness (QED) is 0.649. The van der Waals surface area contributed by atoms with E-state index in [-0.39, 0.29) is 23.6 Å². The first kappa shape index (κ1) is 15.2. The average molecular weight is 293 g/mol. The van der Waals surface area contributed by atoms with Crippen LogP contribution >= 0.6 is 0 Å². The van der Waals surface area contributed by atoms with E-state index in [4.69, 9.17) is 10.5 Å².